The Kier molecular flexibility index (Phi) is 5.87. The maximum atomic E-state index is 13.5. The number of sulfonamides is 1. The molecule has 0 spiro atoms. The van der Waals surface area contributed by atoms with Crippen LogP contribution in [0.2, 0.25) is 10.0 Å². The lowest BCUT2D eigenvalue weighted by Gasteiger charge is -2.33. The fourth-order valence-electron chi connectivity index (χ4n) is 3.28. The molecule has 162 valence electrons. The first kappa shape index (κ1) is 22.9. The van der Waals surface area contributed by atoms with Crippen molar-refractivity contribution < 1.29 is 21.9 Å². The van der Waals surface area contributed by atoms with Gasteiger partial charge in [-0.15, -0.1) is 0 Å². The summed E-state index contributed by atoms with van der Waals surface area (Å²) in [6.45, 7) is 4.71. The van der Waals surface area contributed by atoms with Gasteiger partial charge in [-0.05, 0) is 32.4 Å². The number of fused-ring (bicyclic) bond motifs is 1. The number of hydrogen-bond donors (Lipinski definition) is 2. The molecule has 2 aromatic rings. The van der Waals surface area contributed by atoms with Crippen molar-refractivity contribution in [1.82, 2.24) is 4.98 Å². The van der Waals surface area contributed by atoms with Crippen LogP contribution in [0.4, 0.5) is 5.69 Å². The summed E-state index contributed by atoms with van der Waals surface area (Å²) in [5, 5.41) is 10.6. The Labute approximate surface area is 185 Å². The van der Waals surface area contributed by atoms with Crippen molar-refractivity contribution in [2.45, 2.75) is 31.9 Å². The Hall–Kier alpha value is -1.81. The van der Waals surface area contributed by atoms with Crippen LogP contribution in [0.15, 0.2) is 30.5 Å². The minimum Gasteiger partial charge on any atom is -0.504 e. The number of pyridine rings is 1. The van der Waals surface area contributed by atoms with Gasteiger partial charge in [-0.3, -0.25) is 9.71 Å². The molecule has 0 bridgehead atoms. The zero-order valence-corrected chi connectivity index (χ0v) is 19.5. The van der Waals surface area contributed by atoms with Gasteiger partial charge in [0.05, 0.1) is 26.2 Å². The third-order valence-electron chi connectivity index (χ3n) is 4.90. The summed E-state index contributed by atoms with van der Waals surface area (Å²) in [5.41, 5.74) is 0.244. The number of anilines is 1. The largest absolute Gasteiger partial charge is 0.504 e. The summed E-state index contributed by atoms with van der Waals surface area (Å²) in [6, 6.07) is 5.82. The number of sulfone groups is 1. The highest BCUT2D eigenvalue weighted by atomic mass is 35.5. The maximum absolute atomic E-state index is 13.5. The van der Waals surface area contributed by atoms with Crippen LogP contribution in [-0.2, 0) is 24.6 Å². The zero-order valence-electron chi connectivity index (χ0n) is 16.4. The first-order chi connectivity index (χ1) is 13.8. The molecule has 30 heavy (non-hydrogen) atoms. The standard InChI is InChI=1S/C19H20Cl2N2O5S2/c1-4-10-29(25,26)23-16-13(20)8-7-11(14(16)21)18-17(24)15-12(6-5-9-22-15)19(2,3)30(18,27)28/h5-9,23-24H,4,10H2,1-3H3. The Morgan fingerprint density at radius 2 is 1.87 bits per heavy atom. The van der Waals surface area contributed by atoms with Gasteiger partial charge in [0.1, 0.15) is 10.6 Å². The summed E-state index contributed by atoms with van der Waals surface area (Å²) in [7, 11) is -7.89. The Morgan fingerprint density at radius 3 is 2.50 bits per heavy atom. The van der Waals surface area contributed by atoms with E-state index in [0.29, 0.717) is 12.0 Å². The quantitative estimate of drug-likeness (QED) is 0.633. The molecule has 0 aliphatic carbocycles. The summed E-state index contributed by atoms with van der Waals surface area (Å²) in [4.78, 5) is 3.70. The summed E-state index contributed by atoms with van der Waals surface area (Å²) in [5.74, 6) is -0.725. The molecule has 0 amide bonds. The molecule has 1 aromatic carbocycles. The molecule has 0 radical (unpaired) electrons. The Bertz CT molecular complexity index is 1270. The fourth-order valence-corrected chi connectivity index (χ4v) is 6.95. The predicted octanol–water partition coefficient (Wildman–Crippen LogP) is 4.59. The fraction of sp³-hybridized carbons (Fsp3) is 0.316. The molecular weight excluding hydrogens is 471 g/mol. The van der Waals surface area contributed by atoms with E-state index in [4.69, 9.17) is 23.2 Å². The van der Waals surface area contributed by atoms with Crippen molar-refractivity contribution in [3.05, 3.63) is 57.3 Å². The maximum Gasteiger partial charge on any atom is 0.232 e. The van der Waals surface area contributed by atoms with Crippen LogP contribution in [-0.4, -0.2) is 32.7 Å². The van der Waals surface area contributed by atoms with E-state index in [-0.39, 0.29) is 32.7 Å². The van der Waals surface area contributed by atoms with E-state index in [1.54, 1.807) is 19.1 Å². The van der Waals surface area contributed by atoms with Crippen molar-refractivity contribution in [3.8, 4) is 0 Å². The number of aliphatic hydroxyl groups excluding tert-OH is 1. The van der Waals surface area contributed by atoms with Crippen molar-refractivity contribution >= 4 is 59.4 Å². The SMILES string of the molecule is CCCS(=O)(=O)Nc1c(Cl)ccc(C2=C(O)c3ncccc3C(C)(C)S2(=O)=O)c1Cl. The average molecular weight is 491 g/mol. The van der Waals surface area contributed by atoms with E-state index < -0.39 is 35.3 Å². The second kappa shape index (κ2) is 7.71. The van der Waals surface area contributed by atoms with Crippen molar-refractivity contribution in [1.29, 1.82) is 0 Å². The molecular formula is C19H20Cl2N2O5S2. The average Bonchev–Trinajstić information content (AvgIpc) is 2.65. The molecule has 1 aliphatic heterocycles. The van der Waals surface area contributed by atoms with E-state index in [2.05, 4.69) is 9.71 Å². The number of nitrogens with zero attached hydrogens (tertiary/aromatic N) is 1. The van der Waals surface area contributed by atoms with Crippen LogP contribution in [0.1, 0.15) is 44.0 Å². The number of hydrogen-bond acceptors (Lipinski definition) is 6. The highest BCUT2D eigenvalue weighted by Crippen LogP contribution is 2.50. The number of benzene rings is 1. The van der Waals surface area contributed by atoms with Gasteiger partial charge < -0.3 is 5.11 Å². The van der Waals surface area contributed by atoms with Crippen molar-refractivity contribution in [2.24, 2.45) is 0 Å². The zero-order chi connectivity index (χ0) is 22.5. The number of halogens is 2. The molecule has 2 N–H and O–H groups in total. The molecule has 7 nitrogen and oxygen atoms in total. The summed E-state index contributed by atoms with van der Waals surface area (Å²) in [6.07, 6.45) is 1.80. The van der Waals surface area contributed by atoms with E-state index >= 15 is 0 Å². The van der Waals surface area contributed by atoms with Gasteiger partial charge in [0.25, 0.3) is 0 Å². The van der Waals surface area contributed by atoms with Gasteiger partial charge in [0.2, 0.25) is 10.0 Å². The number of aromatic nitrogens is 1. The van der Waals surface area contributed by atoms with Crippen LogP contribution >= 0.6 is 23.2 Å². The lowest BCUT2D eigenvalue weighted by molar-refractivity contribution is 0.501. The lowest BCUT2D eigenvalue weighted by Crippen LogP contribution is -2.35. The predicted molar refractivity (Wildman–Crippen MR) is 120 cm³/mol. The Balaban J connectivity index is 2.32. The second-order valence-electron chi connectivity index (χ2n) is 7.30. The van der Waals surface area contributed by atoms with E-state index in [9.17, 15) is 21.9 Å². The van der Waals surface area contributed by atoms with Gasteiger partial charge in [-0.1, -0.05) is 42.3 Å². The molecule has 3 rings (SSSR count). The van der Waals surface area contributed by atoms with Gasteiger partial charge in [-0.25, -0.2) is 16.8 Å². The summed E-state index contributed by atoms with van der Waals surface area (Å²) < 4.78 is 52.3. The smallest absolute Gasteiger partial charge is 0.232 e. The van der Waals surface area contributed by atoms with Gasteiger partial charge in [-0.2, -0.15) is 0 Å². The molecule has 0 fully saturated rings. The third-order valence-corrected chi connectivity index (χ3v) is 9.59. The van der Waals surface area contributed by atoms with Gasteiger partial charge in [0.15, 0.2) is 15.6 Å². The minimum atomic E-state index is -4.14. The second-order valence-corrected chi connectivity index (χ2v) is 12.4. The molecule has 0 unspecified atom stereocenters. The molecule has 11 heteroatoms. The van der Waals surface area contributed by atoms with Crippen molar-refractivity contribution in [2.75, 3.05) is 10.5 Å². The van der Waals surface area contributed by atoms with Crippen LogP contribution in [0, 0.1) is 0 Å². The number of rotatable bonds is 5. The normalized spacial score (nSPS) is 17.5. The molecule has 2 heterocycles. The van der Waals surface area contributed by atoms with Gasteiger partial charge >= 0.3 is 0 Å². The first-order valence-electron chi connectivity index (χ1n) is 8.97. The molecule has 1 aliphatic rings. The Morgan fingerprint density at radius 1 is 1.20 bits per heavy atom. The van der Waals surface area contributed by atoms with Crippen LogP contribution in [0.25, 0.3) is 10.7 Å². The molecule has 1 aromatic heterocycles. The molecule has 0 saturated carbocycles. The van der Waals surface area contributed by atoms with E-state index in [1.807, 2.05) is 0 Å². The van der Waals surface area contributed by atoms with Crippen LogP contribution < -0.4 is 4.72 Å². The summed E-state index contributed by atoms with van der Waals surface area (Å²) >= 11 is 12.6. The molecule has 0 saturated heterocycles. The van der Waals surface area contributed by atoms with Crippen LogP contribution in [0.3, 0.4) is 0 Å². The number of nitrogens with one attached hydrogen (secondary N) is 1. The van der Waals surface area contributed by atoms with E-state index in [0.717, 1.165) is 0 Å². The van der Waals surface area contributed by atoms with Crippen molar-refractivity contribution in [3.63, 3.8) is 0 Å². The first-order valence-corrected chi connectivity index (χ1v) is 12.9. The molecule has 0 atom stereocenters. The topological polar surface area (TPSA) is 113 Å². The van der Waals surface area contributed by atoms with E-state index in [1.165, 1.54) is 32.2 Å². The third kappa shape index (κ3) is 3.57. The highest BCUT2D eigenvalue weighted by molar-refractivity contribution is 8.01. The number of aliphatic hydroxyl groups is 1. The van der Waals surface area contributed by atoms with Gasteiger partial charge in [0, 0.05) is 17.3 Å². The lowest BCUT2D eigenvalue weighted by atomic mass is 9.98. The monoisotopic (exact) mass is 490 g/mol. The highest BCUT2D eigenvalue weighted by Gasteiger charge is 2.48. The van der Waals surface area contributed by atoms with Crippen LogP contribution in [0.5, 0.6) is 0 Å². The minimum absolute atomic E-state index is 0.00508.